The molecule has 0 aliphatic carbocycles. The van der Waals surface area contributed by atoms with Crippen LogP contribution in [0, 0.1) is 17.0 Å². The molecule has 1 aromatic heterocycles. The van der Waals surface area contributed by atoms with Crippen molar-refractivity contribution in [2.45, 2.75) is 33.3 Å². The van der Waals surface area contributed by atoms with Gasteiger partial charge >= 0.3 is 5.69 Å². The van der Waals surface area contributed by atoms with Crippen molar-refractivity contribution in [3.05, 3.63) is 107 Å². The Balaban J connectivity index is 1.81. The molecule has 0 bridgehead atoms. The summed E-state index contributed by atoms with van der Waals surface area (Å²) < 4.78 is 8.43. The molecule has 184 valence electrons. The Labute approximate surface area is 224 Å². The molecular formula is C26H22Br2N4O4. The van der Waals surface area contributed by atoms with Gasteiger partial charge in [0.15, 0.2) is 0 Å². The summed E-state index contributed by atoms with van der Waals surface area (Å²) in [7, 11) is 0. The van der Waals surface area contributed by atoms with Gasteiger partial charge in [0.1, 0.15) is 12.4 Å². The molecular weight excluding hydrogens is 592 g/mol. The molecule has 3 aromatic carbocycles. The third-order valence-electron chi connectivity index (χ3n) is 5.39. The van der Waals surface area contributed by atoms with E-state index < -0.39 is 4.92 Å². The highest BCUT2D eigenvalue weighted by Crippen LogP contribution is 2.34. The molecule has 0 unspecified atom stereocenters. The van der Waals surface area contributed by atoms with Crippen molar-refractivity contribution in [1.29, 1.82) is 0 Å². The summed E-state index contributed by atoms with van der Waals surface area (Å²) in [5.74, 6) is 0.565. The van der Waals surface area contributed by atoms with Crippen LogP contribution in [-0.4, -0.2) is 20.8 Å². The van der Waals surface area contributed by atoms with Crippen LogP contribution in [0.15, 0.2) is 73.4 Å². The van der Waals surface area contributed by atoms with Gasteiger partial charge in [0.05, 0.1) is 22.0 Å². The Morgan fingerprint density at radius 2 is 1.94 bits per heavy atom. The smallest absolute Gasteiger partial charge is 0.312 e. The third-order valence-corrected chi connectivity index (χ3v) is 6.34. The lowest BCUT2D eigenvalue weighted by atomic mass is 10.1. The second-order valence-corrected chi connectivity index (χ2v) is 10.0. The average Bonchev–Trinajstić information content (AvgIpc) is 2.83. The summed E-state index contributed by atoms with van der Waals surface area (Å²) in [5, 5.41) is 16.7. The standard InChI is InChI=1S/C26H22Br2N4O4/c1-3-5-24-30-22-9-8-19(27)12-21(22)26(33)31(24)29-14-18-11-20(28)13-23(32(34)35)25(18)36-15-17-7-4-6-16(2)10-17/h4,6-14H,3,5,15H2,1-2H3. The zero-order valence-electron chi connectivity index (χ0n) is 19.6. The molecule has 0 atom stereocenters. The number of rotatable bonds is 8. The Morgan fingerprint density at radius 3 is 2.67 bits per heavy atom. The van der Waals surface area contributed by atoms with E-state index in [1.54, 1.807) is 18.2 Å². The van der Waals surface area contributed by atoms with Gasteiger partial charge in [-0.1, -0.05) is 68.6 Å². The first-order valence-electron chi connectivity index (χ1n) is 11.2. The quantitative estimate of drug-likeness (QED) is 0.127. The summed E-state index contributed by atoms with van der Waals surface area (Å²) >= 11 is 6.73. The first-order valence-corrected chi connectivity index (χ1v) is 12.8. The molecule has 0 saturated heterocycles. The number of aromatic nitrogens is 2. The van der Waals surface area contributed by atoms with Crippen LogP contribution in [0.5, 0.6) is 5.75 Å². The number of nitrogens with zero attached hydrogens (tertiary/aromatic N) is 4. The first kappa shape index (κ1) is 25.7. The lowest BCUT2D eigenvalue weighted by Crippen LogP contribution is -2.22. The number of nitro benzene ring substituents is 1. The number of halogens is 2. The minimum Gasteiger partial charge on any atom is -0.481 e. The lowest BCUT2D eigenvalue weighted by molar-refractivity contribution is -0.386. The van der Waals surface area contributed by atoms with Gasteiger partial charge in [-0.2, -0.15) is 9.78 Å². The Kier molecular flexibility index (Phi) is 7.95. The zero-order chi connectivity index (χ0) is 25.8. The van der Waals surface area contributed by atoms with E-state index in [1.165, 1.54) is 17.0 Å². The maximum atomic E-state index is 13.3. The van der Waals surface area contributed by atoms with Crippen molar-refractivity contribution >= 4 is 54.7 Å². The minimum absolute atomic E-state index is 0.0649. The minimum atomic E-state index is -0.503. The number of nitro groups is 1. The van der Waals surface area contributed by atoms with E-state index in [4.69, 9.17) is 4.74 Å². The van der Waals surface area contributed by atoms with Crippen LogP contribution in [-0.2, 0) is 13.0 Å². The number of aryl methyl sites for hydroxylation is 2. The summed E-state index contributed by atoms with van der Waals surface area (Å²) in [6.07, 6.45) is 2.69. The summed E-state index contributed by atoms with van der Waals surface area (Å²) in [6.45, 7) is 4.09. The normalized spacial score (nSPS) is 11.3. The second kappa shape index (κ2) is 11.1. The fraction of sp³-hybridized carbons (Fsp3) is 0.192. The summed E-state index contributed by atoms with van der Waals surface area (Å²) in [5.41, 5.74) is 2.33. The second-order valence-electron chi connectivity index (χ2n) is 8.18. The highest BCUT2D eigenvalue weighted by Gasteiger charge is 2.21. The van der Waals surface area contributed by atoms with Crippen molar-refractivity contribution in [3.8, 4) is 5.75 Å². The van der Waals surface area contributed by atoms with Gasteiger partial charge in [-0.25, -0.2) is 4.98 Å². The predicted molar refractivity (Wildman–Crippen MR) is 147 cm³/mol. The SMILES string of the molecule is CCCc1nc2ccc(Br)cc2c(=O)n1N=Cc1cc(Br)cc([N+](=O)[O-])c1OCc1cccc(C)c1. The van der Waals surface area contributed by atoms with Gasteiger partial charge in [0.25, 0.3) is 5.56 Å². The van der Waals surface area contributed by atoms with E-state index in [0.717, 1.165) is 22.0 Å². The molecule has 1 heterocycles. The number of hydrogen-bond donors (Lipinski definition) is 0. The summed E-state index contributed by atoms with van der Waals surface area (Å²) in [6, 6.07) is 16.1. The zero-order valence-corrected chi connectivity index (χ0v) is 22.7. The largest absolute Gasteiger partial charge is 0.481 e. The predicted octanol–water partition coefficient (Wildman–Crippen LogP) is 6.55. The number of benzene rings is 3. The number of hydrogen-bond acceptors (Lipinski definition) is 6. The number of ether oxygens (including phenoxy) is 1. The molecule has 8 nitrogen and oxygen atoms in total. The third kappa shape index (κ3) is 5.71. The van der Waals surface area contributed by atoms with Crippen LogP contribution in [0.3, 0.4) is 0 Å². The van der Waals surface area contributed by atoms with Crippen LogP contribution in [0.2, 0.25) is 0 Å². The lowest BCUT2D eigenvalue weighted by Gasteiger charge is -2.12. The molecule has 0 radical (unpaired) electrons. The molecule has 4 rings (SSSR count). The average molecular weight is 614 g/mol. The Bertz CT molecular complexity index is 1550. The fourth-order valence-corrected chi connectivity index (χ4v) is 4.59. The molecule has 0 amide bonds. The van der Waals surface area contributed by atoms with Gasteiger partial charge in [-0.3, -0.25) is 14.9 Å². The van der Waals surface area contributed by atoms with E-state index in [1.807, 2.05) is 44.2 Å². The Hall–Kier alpha value is -3.37. The molecule has 4 aromatic rings. The molecule has 0 spiro atoms. The topological polar surface area (TPSA) is 99.6 Å². The Morgan fingerprint density at radius 1 is 1.14 bits per heavy atom. The fourth-order valence-electron chi connectivity index (χ4n) is 3.77. The molecule has 0 saturated carbocycles. The van der Waals surface area contributed by atoms with Crippen LogP contribution in [0.1, 0.15) is 35.9 Å². The van der Waals surface area contributed by atoms with Crippen molar-refractivity contribution in [2.24, 2.45) is 5.10 Å². The van der Waals surface area contributed by atoms with Crippen LogP contribution in [0.25, 0.3) is 10.9 Å². The van der Waals surface area contributed by atoms with Gasteiger partial charge < -0.3 is 4.74 Å². The molecule has 0 aliphatic rings. The molecule has 36 heavy (non-hydrogen) atoms. The molecule has 0 fully saturated rings. The van der Waals surface area contributed by atoms with E-state index in [-0.39, 0.29) is 23.6 Å². The maximum absolute atomic E-state index is 13.3. The van der Waals surface area contributed by atoms with Crippen molar-refractivity contribution in [1.82, 2.24) is 9.66 Å². The van der Waals surface area contributed by atoms with E-state index in [0.29, 0.717) is 33.2 Å². The van der Waals surface area contributed by atoms with Crippen molar-refractivity contribution in [3.63, 3.8) is 0 Å². The van der Waals surface area contributed by atoms with Crippen LogP contribution in [0.4, 0.5) is 5.69 Å². The van der Waals surface area contributed by atoms with Gasteiger partial charge in [0, 0.05) is 27.0 Å². The first-order chi connectivity index (χ1) is 17.3. The van der Waals surface area contributed by atoms with Crippen molar-refractivity contribution in [2.75, 3.05) is 0 Å². The monoisotopic (exact) mass is 612 g/mol. The number of fused-ring (bicyclic) bond motifs is 1. The molecule has 10 heteroatoms. The van der Waals surface area contributed by atoms with Gasteiger partial charge in [0.2, 0.25) is 5.75 Å². The van der Waals surface area contributed by atoms with E-state index in [9.17, 15) is 14.9 Å². The van der Waals surface area contributed by atoms with E-state index in [2.05, 4.69) is 41.9 Å². The summed E-state index contributed by atoms with van der Waals surface area (Å²) in [4.78, 5) is 29.3. The van der Waals surface area contributed by atoms with Crippen LogP contribution >= 0.6 is 31.9 Å². The highest BCUT2D eigenvalue weighted by atomic mass is 79.9. The van der Waals surface area contributed by atoms with Gasteiger partial charge in [-0.05, 0) is 43.2 Å². The maximum Gasteiger partial charge on any atom is 0.312 e. The highest BCUT2D eigenvalue weighted by molar-refractivity contribution is 9.10. The van der Waals surface area contributed by atoms with Crippen LogP contribution < -0.4 is 10.3 Å². The van der Waals surface area contributed by atoms with Gasteiger partial charge in [-0.15, -0.1) is 0 Å². The molecule has 0 N–H and O–H groups in total. The van der Waals surface area contributed by atoms with E-state index >= 15 is 0 Å². The van der Waals surface area contributed by atoms with Crippen molar-refractivity contribution < 1.29 is 9.66 Å². The molecule has 0 aliphatic heterocycles.